The molecule has 1 saturated heterocycles. The Hall–Kier alpha value is -1.00. The second-order valence-electron chi connectivity index (χ2n) is 5.13. The van der Waals surface area contributed by atoms with Gasteiger partial charge in [-0.05, 0) is 25.3 Å². The van der Waals surface area contributed by atoms with Gasteiger partial charge in [0.25, 0.3) is 0 Å². The van der Waals surface area contributed by atoms with Gasteiger partial charge in [0.2, 0.25) is 5.91 Å². The minimum atomic E-state index is -0.299. The second-order valence-corrected chi connectivity index (χ2v) is 5.75. The predicted molar refractivity (Wildman–Crippen MR) is 79.5 cm³/mol. The molecule has 3 atom stereocenters. The zero-order chi connectivity index (χ0) is 13.7. The van der Waals surface area contributed by atoms with Crippen LogP contribution in [0.5, 0.6) is 0 Å². The van der Waals surface area contributed by atoms with Crippen molar-refractivity contribution in [2.45, 2.75) is 31.1 Å². The third kappa shape index (κ3) is 4.25. The minimum Gasteiger partial charge on any atom is -0.381 e. The number of carbonyl (C=O) groups excluding carboxylic acids is 1. The summed E-state index contributed by atoms with van der Waals surface area (Å²) in [6.07, 6.45) is 1.68. The maximum atomic E-state index is 12.1. The SMILES string of the molecule is CC(NC(=O)C(S)Cc1ccccc1)C1CCOC1. The lowest BCUT2D eigenvalue weighted by Gasteiger charge is -2.21. The molecule has 0 spiro atoms. The molecule has 1 amide bonds. The van der Waals surface area contributed by atoms with Gasteiger partial charge in [0.1, 0.15) is 0 Å². The van der Waals surface area contributed by atoms with Crippen LogP contribution in [-0.2, 0) is 16.0 Å². The molecular formula is C15H21NO2S. The van der Waals surface area contributed by atoms with Crippen molar-refractivity contribution in [2.24, 2.45) is 5.92 Å². The first kappa shape index (κ1) is 14.4. The fourth-order valence-corrected chi connectivity index (χ4v) is 2.60. The van der Waals surface area contributed by atoms with E-state index in [4.69, 9.17) is 4.74 Å². The van der Waals surface area contributed by atoms with Gasteiger partial charge in [-0.15, -0.1) is 0 Å². The summed E-state index contributed by atoms with van der Waals surface area (Å²) >= 11 is 4.41. The highest BCUT2D eigenvalue weighted by Gasteiger charge is 2.25. The van der Waals surface area contributed by atoms with E-state index in [1.54, 1.807) is 0 Å². The first-order valence-corrected chi connectivity index (χ1v) is 7.28. The van der Waals surface area contributed by atoms with Crippen LogP contribution in [0.2, 0.25) is 0 Å². The largest absolute Gasteiger partial charge is 0.381 e. The summed E-state index contributed by atoms with van der Waals surface area (Å²) in [6, 6.07) is 10.1. The van der Waals surface area contributed by atoms with E-state index in [0.717, 1.165) is 25.2 Å². The van der Waals surface area contributed by atoms with E-state index >= 15 is 0 Å². The molecule has 2 rings (SSSR count). The number of hydrogen-bond donors (Lipinski definition) is 2. The molecule has 0 aromatic heterocycles. The van der Waals surface area contributed by atoms with Crippen LogP contribution in [0.4, 0.5) is 0 Å². The molecule has 0 radical (unpaired) electrons. The van der Waals surface area contributed by atoms with Crippen LogP contribution in [0.1, 0.15) is 18.9 Å². The van der Waals surface area contributed by atoms with Gasteiger partial charge in [-0.2, -0.15) is 12.6 Å². The van der Waals surface area contributed by atoms with Crippen LogP contribution in [0.25, 0.3) is 0 Å². The van der Waals surface area contributed by atoms with Crippen LogP contribution < -0.4 is 5.32 Å². The second kappa shape index (κ2) is 6.96. The maximum Gasteiger partial charge on any atom is 0.233 e. The molecule has 3 nitrogen and oxygen atoms in total. The van der Waals surface area contributed by atoms with Crippen molar-refractivity contribution in [3.8, 4) is 0 Å². The Morgan fingerprint density at radius 3 is 2.84 bits per heavy atom. The molecular weight excluding hydrogens is 258 g/mol. The van der Waals surface area contributed by atoms with Gasteiger partial charge in [-0.3, -0.25) is 4.79 Å². The van der Waals surface area contributed by atoms with E-state index in [0.29, 0.717) is 12.3 Å². The van der Waals surface area contributed by atoms with Crippen molar-refractivity contribution < 1.29 is 9.53 Å². The average Bonchev–Trinajstić information content (AvgIpc) is 2.93. The molecule has 0 saturated carbocycles. The number of benzene rings is 1. The van der Waals surface area contributed by atoms with Gasteiger partial charge < -0.3 is 10.1 Å². The average molecular weight is 279 g/mol. The molecule has 1 aromatic rings. The Kier molecular flexibility index (Phi) is 5.28. The Balaban J connectivity index is 1.82. The molecule has 3 unspecified atom stereocenters. The molecule has 1 N–H and O–H groups in total. The first-order valence-electron chi connectivity index (χ1n) is 6.77. The lowest BCUT2D eigenvalue weighted by atomic mass is 10.0. The summed E-state index contributed by atoms with van der Waals surface area (Å²) in [5.41, 5.74) is 1.13. The Labute approximate surface area is 120 Å². The van der Waals surface area contributed by atoms with Crippen LogP contribution in [0, 0.1) is 5.92 Å². The quantitative estimate of drug-likeness (QED) is 0.810. The fraction of sp³-hybridized carbons (Fsp3) is 0.533. The number of ether oxygens (including phenoxy) is 1. The Bertz CT molecular complexity index is 404. The van der Waals surface area contributed by atoms with E-state index in [1.807, 2.05) is 37.3 Å². The summed E-state index contributed by atoms with van der Waals surface area (Å²) in [7, 11) is 0. The Morgan fingerprint density at radius 2 is 2.21 bits per heavy atom. The molecule has 1 fully saturated rings. The van der Waals surface area contributed by atoms with Crippen LogP contribution in [0.3, 0.4) is 0 Å². The molecule has 1 heterocycles. The lowest BCUT2D eigenvalue weighted by molar-refractivity contribution is -0.121. The van der Waals surface area contributed by atoms with Crippen LogP contribution >= 0.6 is 12.6 Å². The van der Waals surface area contributed by atoms with E-state index in [-0.39, 0.29) is 17.2 Å². The molecule has 4 heteroatoms. The number of thiol groups is 1. The predicted octanol–water partition coefficient (Wildman–Crippen LogP) is 2.07. The number of carbonyl (C=O) groups is 1. The van der Waals surface area contributed by atoms with Gasteiger partial charge in [0, 0.05) is 18.6 Å². The topological polar surface area (TPSA) is 38.3 Å². The van der Waals surface area contributed by atoms with Crippen molar-refractivity contribution in [2.75, 3.05) is 13.2 Å². The minimum absolute atomic E-state index is 0.00610. The third-order valence-corrected chi connectivity index (χ3v) is 4.03. The number of amides is 1. The van der Waals surface area contributed by atoms with Crippen molar-refractivity contribution in [3.63, 3.8) is 0 Å². The normalized spacial score (nSPS) is 21.9. The van der Waals surface area contributed by atoms with E-state index in [2.05, 4.69) is 17.9 Å². The molecule has 1 aromatic carbocycles. The van der Waals surface area contributed by atoms with Crippen molar-refractivity contribution in [3.05, 3.63) is 35.9 Å². The molecule has 1 aliphatic rings. The Morgan fingerprint density at radius 1 is 1.47 bits per heavy atom. The summed E-state index contributed by atoms with van der Waals surface area (Å²) in [5, 5.41) is 2.75. The highest BCUT2D eigenvalue weighted by atomic mass is 32.1. The molecule has 0 bridgehead atoms. The highest BCUT2D eigenvalue weighted by molar-refractivity contribution is 7.81. The number of hydrogen-bond acceptors (Lipinski definition) is 3. The van der Waals surface area contributed by atoms with Gasteiger partial charge in [0.15, 0.2) is 0 Å². The zero-order valence-corrected chi connectivity index (χ0v) is 12.1. The molecule has 19 heavy (non-hydrogen) atoms. The summed E-state index contributed by atoms with van der Waals surface area (Å²) in [6.45, 7) is 3.59. The summed E-state index contributed by atoms with van der Waals surface area (Å²) in [5.74, 6) is 0.438. The van der Waals surface area contributed by atoms with Crippen LogP contribution in [-0.4, -0.2) is 30.4 Å². The summed E-state index contributed by atoms with van der Waals surface area (Å²) in [4.78, 5) is 12.1. The van der Waals surface area contributed by atoms with Crippen LogP contribution in [0.15, 0.2) is 30.3 Å². The van der Waals surface area contributed by atoms with Crippen molar-refractivity contribution >= 4 is 18.5 Å². The number of nitrogens with one attached hydrogen (secondary N) is 1. The first-order chi connectivity index (χ1) is 9.16. The highest BCUT2D eigenvalue weighted by Crippen LogP contribution is 2.17. The van der Waals surface area contributed by atoms with E-state index in [1.165, 1.54) is 0 Å². The smallest absolute Gasteiger partial charge is 0.233 e. The maximum absolute atomic E-state index is 12.1. The van der Waals surface area contributed by atoms with Gasteiger partial charge in [-0.1, -0.05) is 30.3 Å². The number of rotatable bonds is 5. The van der Waals surface area contributed by atoms with E-state index in [9.17, 15) is 4.79 Å². The fourth-order valence-electron chi connectivity index (χ4n) is 2.32. The molecule has 104 valence electrons. The zero-order valence-electron chi connectivity index (χ0n) is 11.2. The van der Waals surface area contributed by atoms with Gasteiger partial charge in [0.05, 0.1) is 11.9 Å². The molecule has 1 aliphatic heterocycles. The summed E-state index contributed by atoms with van der Waals surface area (Å²) < 4.78 is 5.35. The third-order valence-electron chi connectivity index (χ3n) is 3.62. The van der Waals surface area contributed by atoms with Crippen molar-refractivity contribution in [1.82, 2.24) is 5.32 Å². The van der Waals surface area contributed by atoms with E-state index < -0.39 is 0 Å². The standard InChI is InChI=1S/C15H21NO2S/c1-11(13-7-8-18-10-13)16-15(17)14(19)9-12-5-3-2-4-6-12/h2-6,11,13-14,19H,7-10H2,1H3,(H,16,17). The van der Waals surface area contributed by atoms with Gasteiger partial charge >= 0.3 is 0 Å². The molecule has 0 aliphatic carbocycles. The monoisotopic (exact) mass is 279 g/mol. The van der Waals surface area contributed by atoms with Gasteiger partial charge in [-0.25, -0.2) is 0 Å². The lowest BCUT2D eigenvalue weighted by Crippen LogP contribution is -2.42. The van der Waals surface area contributed by atoms with Crippen molar-refractivity contribution in [1.29, 1.82) is 0 Å².